The van der Waals surface area contributed by atoms with Crippen LogP contribution in [0.15, 0.2) is 66.7 Å². The van der Waals surface area contributed by atoms with Crippen LogP contribution < -0.4 is 10.1 Å². The van der Waals surface area contributed by atoms with Crippen LogP contribution in [0, 0.1) is 0 Å². The number of carbonyl (C=O) groups excluding carboxylic acids is 2. The summed E-state index contributed by atoms with van der Waals surface area (Å²) in [5.74, 6) is -0.172. The molecule has 5 nitrogen and oxygen atoms in total. The van der Waals surface area contributed by atoms with Gasteiger partial charge in [-0.2, -0.15) is 0 Å². The standard InChI is InChI=1S/C20H17NO4/c1-24-20(23)15-9-11-16(12-10-15)25-13-19(22)21-18-8-4-6-14-5-2-3-7-17(14)18/h2-12H,13H2,1H3,(H,21,22). The highest BCUT2D eigenvalue weighted by molar-refractivity contribution is 6.02. The summed E-state index contributed by atoms with van der Waals surface area (Å²) < 4.78 is 10.1. The average molecular weight is 335 g/mol. The number of esters is 1. The topological polar surface area (TPSA) is 64.6 Å². The summed E-state index contributed by atoms with van der Waals surface area (Å²) in [7, 11) is 1.32. The number of hydrogen-bond acceptors (Lipinski definition) is 4. The molecule has 126 valence electrons. The highest BCUT2D eigenvalue weighted by Crippen LogP contribution is 2.23. The number of hydrogen-bond donors (Lipinski definition) is 1. The van der Waals surface area contributed by atoms with Crippen molar-refractivity contribution in [1.29, 1.82) is 0 Å². The smallest absolute Gasteiger partial charge is 0.337 e. The summed E-state index contributed by atoms with van der Waals surface area (Å²) in [6.07, 6.45) is 0. The minimum absolute atomic E-state index is 0.124. The van der Waals surface area contributed by atoms with Gasteiger partial charge in [0.2, 0.25) is 0 Å². The molecule has 0 unspecified atom stereocenters. The molecule has 3 aromatic carbocycles. The molecule has 5 heteroatoms. The molecule has 0 bridgehead atoms. The van der Waals surface area contributed by atoms with Gasteiger partial charge in [0.25, 0.3) is 5.91 Å². The quantitative estimate of drug-likeness (QED) is 0.723. The highest BCUT2D eigenvalue weighted by Gasteiger charge is 2.08. The molecule has 0 aliphatic heterocycles. The Morgan fingerprint density at radius 2 is 1.64 bits per heavy atom. The Morgan fingerprint density at radius 3 is 2.40 bits per heavy atom. The van der Waals surface area contributed by atoms with E-state index >= 15 is 0 Å². The summed E-state index contributed by atoms with van der Waals surface area (Å²) in [5.41, 5.74) is 1.17. The predicted molar refractivity (Wildman–Crippen MR) is 95.9 cm³/mol. The first-order valence-corrected chi connectivity index (χ1v) is 7.76. The molecule has 1 amide bonds. The number of fused-ring (bicyclic) bond motifs is 1. The highest BCUT2D eigenvalue weighted by atomic mass is 16.5. The number of methoxy groups -OCH3 is 1. The molecule has 3 rings (SSSR count). The summed E-state index contributed by atoms with van der Waals surface area (Å²) in [6.45, 7) is -0.124. The number of carbonyl (C=O) groups is 2. The Balaban J connectivity index is 1.62. The van der Waals surface area contributed by atoms with E-state index in [9.17, 15) is 9.59 Å². The molecule has 0 radical (unpaired) electrons. The van der Waals surface area contributed by atoms with Crippen molar-refractivity contribution < 1.29 is 19.1 Å². The van der Waals surface area contributed by atoms with E-state index in [1.165, 1.54) is 7.11 Å². The lowest BCUT2D eigenvalue weighted by molar-refractivity contribution is -0.118. The molecule has 0 fully saturated rings. The molecule has 25 heavy (non-hydrogen) atoms. The average Bonchev–Trinajstić information content (AvgIpc) is 2.66. The van der Waals surface area contributed by atoms with Gasteiger partial charge in [-0.25, -0.2) is 4.79 Å². The van der Waals surface area contributed by atoms with E-state index in [-0.39, 0.29) is 12.5 Å². The third kappa shape index (κ3) is 3.95. The Morgan fingerprint density at radius 1 is 0.920 bits per heavy atom. The van der Waals surface area contributed by atoms with E-state index in [0.29, 0.717) is 11.3 Å². The van der Waals surface area contributed by atoms with Crippen molar-refractivity contribution in [3.8, 4) is 5.75 Å². The van der Waals surface area contributed by atoms with Crippen LogP contribution in [0.5, 0.6) is 5.75 Å². The van der Waals surface area contributed by atoms with Gasteiger partial charge in [-0.1, -0.05) is 36.4 Å². The van der Waals surface area contributed by atoms with Crippen LogP contribution in [0.4, 0.5) is 5.69 Å². The first kappa shape index (κ1) is 16.5. The van der Waals surface area contributed by atoms with Crippen molar-refractivity contribution in [1.82, 2.24) is 0 Å². The summed E-state index contributed by atoms with van der Waals surface area (Å²) in [5, 5.41) is 4.88. The SMILES string of the molecule is COC(=O)c1ccc(OCC(=O)Nc2cccc3ccccc23)cc1. The fourth-order valence-corrected chi connectivity index (χ4v) is 2.47. The monoisotopic (exact) mass is 335 g/mol. The van der Waals surface area contributed by atoms with E-state index in [1.54, 1.807) is 24.3 Å². The van der Waals surface area contributed by atoms with Gasteiger partial charge in [0.15, 0.2) is 6.61 Å². The molecule has 0 aliphatic rings. The number of rotatable bonds is 5. The molecule has 0 aromatic heterocycles. The van der Waals surface area contributed by atoms with Crippen molar-refractivity contribution in [3.63, 3.8) is 0 Å². The maximum atomic E-state index is 12.1. The van der Waals surface area contributed by atoms with Crippen molar-refractivity contribution >= 4 is 28.3 Å². The van der Waals surface area contributed by atoms with Gasteiger partial charge < -0.3 is 14.8 Å². The Bertz CT molecular complexity index is 898. The van der Waals surface area contributed by atoms with Crippen LogP contribution in [-0.2, 0) is 9.53 Å². The van der Waals surface area contributed by atoms with Crippen molar-refractivity contribution in [2.24, 2.45) is 0 Å². The second-order valence-electron chi connectivity index (χ2n) is 5.38. The van der Waals surface area contributed by atoms with Crippen LogP contribution >= 0.6 is 0 Å². The van der Waals surface area contributed by atoms with E-state index in [2.05, 4.69) is 10.1 Å². The number of amides is 1. The lowest BCUT2D eigenvalue weighted by Gasteiger charge is -2.10. The second kappa shape index (κ2) is 7.49. The van der Waals surface area contributed by atoms with Gasteiger partial charge in [-0.15, -0.1) is 0 Å². The maximum absolute atomic E-state index is 12.1. The summed E-state index contributed by atoms with van der Waals surface area (Å²) >= 11 is 0. The lowest BCUT2D eigenvalue weighted by atomic mass is 10.1. The second-order valence-corrected chi connectivity index (χ2v) is 5.38. The Hall–Kier alpha value is -3.34. The van der Waals surface area contributed by atoms with Gasteiger partial charge in [0.1, 0.15) is 5.75 Å². The maximum Gasteiger partial charge on any atom is 0.337 e. The molecule has 3 aromatic rings. The third-order valence-corrected chi connectivity index (χ3v) is 3.71. The molecule has 0 saturated heterocycles. The molecular formula is C20H17NO4. The van der Waals surface area contributed by atoms with Crippen LogP contribution in [0.3, 0.4) is 0 Å². The Kier molecular flexibility index (Phi) is 4.95. The fraction of sp³-hybridized carbons (Fsp3) is 0.100. The zero-order chi connectivity index (χ0) is 17.6. The van der Waals surface area contributed by atoms with Gasteiger partial charge in [-0.3, -0.25) is 4.79 Å². The van der Waals surface area contributed by atoms with E-state index in [1.807, 2.05) is 42.5 Å². The van der Waals surface area contributed by atoms with Gasteiger partial charge in [0, 0.05) is 11.1 Å². The van der Waals surface area contributed by atoms with E-state index in [0.717, 1.165) is 16.5 Å². The van der Waals surface area contributed by atoms with Crippen molar-refractivity contribution in [2.45, 2.75) is 0 Å². The van der Waals surface area contributed by atoms with Gasteiger partial charge in [0.05, 0.1) is 12.7 Å². The minimum atomic E-state index is -0.416. The zero-order valence-corrected chi connectivity index (χ0v) is 13.7. The molecular weight excluding hydrogens is 318 g/mol. The summed E-state index contributed by atoms with van der Waals surface area (Å²) in [6, 6.07) is 20.0. The van der Waals surface area contributed by atoms with Crippen molar-refractivity contribution in [2.75, 3.05) is 19.0 Å². The Labute approximate surface area is 145 Å². The predicted octanol–water partition coefficient (Wildman–Crippen LogP) is 3.64. The minimum Gasteiger partial charge on any atom is -0.484 e. The normalized spacial score (nSPS) is 10.3. The molecule has 0 atom stereocenters. The first-order valence-electron chi connectivity index (χ1n) is 7.76. The number of anilines is 1. The van der Waals surface area contributed by atoms with Gasteiger partial charge >= 0.3 is 5.97 Å². The largest absolute Gasteiger partial charge is 0.484 e. The van der Waals surface area contributed by atoms with Crippen molar-refractivity contribution in [3.05, 3.63) is 72.3 Å². The van der Waals surface area contributed by atoms with Crippen LogP contribution in [0.2, 0.25) is 0 Å². The third-order valence-electron chi connectivity index (χ3n) is 3.71. The van der Waals surface area contributed by atoms with Crippen LogP contribution in [0.1, 0.15) is 10.4 Å². The number of nitrogens with one attached hydrogen (secondary N) is 1. The molecule has 1 N–H and O–H groups in total. The van der Waals surface area contributed by atoms with E-state index in [4.69, 9.17) is 4.74 Å². The fourth-order valence-electron chi connectivity index (χ4n) is 2.47. The molecule has 0 spiro atoms. The number of ether oxygens (including phenoxy) is 2. The lowest BCUT2D eigenvalue weighted by Crippen LogP contribution is -2.20. The number of benzene rings is 3. The first-order chi connectivity index (χ1) is 12.2. The van der Waals surface area contributed by atoms with Crippen LogP contribution in [-0.4, -0.2) is 25.6 Å². The molecule has 0 heterocycles. The molecule has 0 saturated carbocycles. The van der Waals surface area contributed by atoms with Crippen LogP contribution in [0.25, 0.3) is 10.8 Å². The molecule has 0 aliphatic carbocycles. The van der Waals surface area contributed by atoms with E-state index < -0.39 is 5.97 Å². The van der Waals surface area contributed by atoms with Gasteiger partial charge in [-0.05, 0) is 35.7 Å². The zero-order valence-electron chi connectivity index (χ0n) is 13.7. The summed E-state index contributed by atoms with van der Waals surface area (Å²) in [4.78, 5) is 23.5.